The van der Waals surface area contributed by atoms with Gasteiger partial charge in [0.2, 0.25) is 0 Å². The molecule has 2 aliphatic carbocycles. The van der Waals surface area contributed by atoms with Crippen LogP contribution in [-0.4, -0.2) is 35.1 Å². The van der Waals surface area contributed by atoms with Gasteiger partial charge >= 0.3 is 11.8 Å². The molecule has 1 aromatic rings. The number of carbonyl (C=O) groups excluding carboxylic acids is 2. The summed E-state index contributed by atoms with van der Waals surface area (Å²) in [6.07, 6.45) is 3.78. The highest BCUT2D eigenvalue weighted by Gasteiger charge is 2.33. The van der Waals surface area contributed by atoms with Gasteiger partial charge in [-0.2, -0.15) is 0 Å². The van der Waals surface area contributed by atoms with E-state index < -0.39 is 17.4 Å². The quantitative estimate of drug-likeness (QED) is 0.700. The first-order valence-corrected chi connectivity index (χ1v) is 7.44. The van der Waals surface area contributed by atoms with Crippen LogP contribution in [0.3, 0.4) is 0 Å². The molecule has 0 heterocycles. The standard InChI is InChI=1S/C16H20N2O3/c19-14(15(20)18-13-5-6-13)17-10-16(21)8-7-11-3-1-2-4-12(11)9-16/h1-4,13,21H,5-10H2,(H,17,19)(H,18,20)/t16-/m1/s1. The van der Waals surface area contributed by atoms with Gasteiger partial charge in [0.25, 0.3) is 0 Å². The van der Waals surface area contributed by atoms with E-state index in [1.54, 1.807) is 0 Å². The van der Waals surface area contributed by atoms with E-state index in [2.05, 4.69) is 16.7 Å². The first kappa shape index (κ1) is 14.1. The number of rotatable bonds is 3. The molecule has 3 rings (SSSR count). The second-order valence-corrected chi connectivity index (χ2v) is 6.10. The van der Waals surface area contributed by atoms with Crippen molar-refractivity contribution in [2.75, 3.05) is 6.54 Å². The molecule has 0 radical (unpaired) electrons. The Morgan fingerprint density at radius 2 is 1.90 bits per heavy atom. The van der Waals surface area contributed by atoms with Gasteiger partial charge in [-0.15, -0.1) is 0 Å². The Morgan fingerprint density at radius 3 is 2.62 bits per heavy atom. The van der Waals surface area contributed by atoms with E-state index >= 15 is 0 Å². The Hall–Kier alpha value is -1.88. The fraction of sp³-hybridized carbons (Fsp3) is 0.500. The number of amides is 2. The third-order valence-corrected chi connectivity index (χ3v) is 4.19. The molecule has 0 aliphatic heterocycles. The van der Waals surface area contributed by atoms with Crippen molar-refractivity contribution in [2.24, 2.45) is 0 Å². The van der Waals surface area contributed by atoms with Crippen LogP contribution in [0.4, 0.5) is 0 Å². The molecule has 21 heavy (non-hydrogen) atoms. The minimum atomic E-state index is -0.968. The maximum absolute atomic E-state index is 11.7. The molecule has 1 atom stereocenters. The van der Waals surface area contributed by atoms with Crippen molar-refractivity contribution >= 4 is 11.8 Å². The molecule has 1 fully saturated rings. The summed E-state index contributed by atoms with van der Waals surface area (Å²) in [7, 11) is 0. The van der Waals surface area contributed by atoms with Crippen molar-refractivity contribution in [1.29, 1.82) is 0 Å². The molecular weight excluding hydrogens is 268 g/mol. The molecule has 5 nitrogen and oxygen atoms in total. The summed E-state index contributed by atoms with van der Waals surface area (Å²) in [5.74, 6) is -1.26. The van der Waals surface area contributed by atoms with Crippen molar-refractivity contribution in [3.63, 3.8) is 0 Å². The average molecular weight is 288 g/mol. The van der Waals surface area contributed by atoms with Crippen molar-refractivity contribution in [2.45, 2.75) is 43.7 Å². The van der Waals surface area contributed by atoms with Crippen LogP contribution < -0.4 is 10.6 Å². The first-order chi connectivity index (χ1) is 10.1. The van der Waals surface area contributed by atoms with Crippen LogP contribution in [0.25, 0.3) is 0 Å². The lowest BCUT2D eigenvalue weighted by Gasteiger charge is -2.33. The summed E-state index contributed by atoms with van der Waals surface area (Å²) >= 11 is 0. The van der Waals surface area contributed by atoms with E-state index in [9.17, 15) is 14.7 Å². The van der Waals surface area contributed by atoms with E-state index in [1.165, 1.54) is 5.56 Å². The Balaban J connectivity index is 1.55. The van der Waals surface area contributed by atoms with Gasteiger partial charge in [-0.05, 0) is 36.8 Å². The molecule has 0 unspecified atom stereocenters. The smallest absolute Gasteiger partial charge is 0.309 e. The predicted molar refractivity (Wildman–Crippen MR) is 77.6 cm³/mol. The van der Waals surface area contributed by atoms with Gasteiger partial charge in [0.1, 0.15) is 0 Å². The summed E-state index contributed by atoms with van der Waals surface area (Å²) in [5, 5.41) is 15.8. The summed E-state index contributed by atoms with van der Waals surface area (Å²) < 4.78 is 0. The monoisotopic (exact) mass is 288 g/mol. The third kappa shape index (κ3) is 3.42. The average Bonchev–Trinajstić information content (AvgIpc) is 3.28. The van der Waals surface area contributed by atoms with Crippen LogP contribution >= 0.6 is 0 Å². The Morgan fingerprint density at radius 1 is 1.19 bits per heavy atom. The maximum atomic E-state index is 11.7. The summed E-state index contributed by atoms with van der Waals surface area (Å²) in [6.45, 7) is 0.109. The highest BCUT2D eigenvalue weighted by molar-refractivity contribution is 6.35. The number of benzene rings is 1. The summed E-state index contributed by atoms with van der Waals surface area (Å²) in [6, 6.07) is 8.17. The molecule has 112 valence electrons. The van der Waals surface area contributed by atoms with Gasteiger partial charge in [-0.25, -0.2) is 0 Å². The lowest BCUT2D eigenvalue weighted by atomic mass is 9.80. The second kappa shape index (κ2) is 5.48. The highest BCUT2D eigenvalue weighted by Crippen LogP contribution is 2.28. The number of hydrogen-bond donors (Lipinski definition) is 3. The fourth-order valence-electron chi connectivity index (χ4n) is 2.74. The zero-order valence-electron chi connectivity index (χ0n) is 11.9. The predicted octanol–water partition coefficient (Wildman–Crippen LogP) is 0.301. The SMILES string of the molecule is O=C(NC[C@@]1(O)CCc2ccccc2C1)C(=O)NC1CC1. The molecular formula is C16H20N2O3. The maximum Gasteiger partial charge on any atom is 0.309 e. The van der Waals surface area contributed by atoms with Crippen LogP contribution in [0.2, 0.25) is 0 Å². The van der Waals surface area contributed by atoms with E-state index in [0.717, 1.165) is 24.8 Å². The Kier molecular flexibility index (Phi) is 3.68. The minimum absolute atomic E-state index is 0.109. The van der Waals surface area contributed by atoms with Crippen LogP contribution in [0, 0.1) is 0 Å². The topological polar surface area (TPSA) is 78.4 Å². The molecule has 2 aliphatic rings. The number of nitrogens with one attached hydrogen (secondary N) is 2. The van der Waals surface area contributed by atoms with Gasteiger partial charge in [0.15, 0.2) is 0 Å². The molecule has 1 aromatic carbocycles. The Bertz CT molecular complexity index is 568. The minimum Gasteiger partial charge on any atom is -0.388 e. The summed E-state index contributed by atoms with van der Waals surface area (Å²) in [4.78, 5) is 23.3. The van der Waals surface area contributed by atoms with E-state index in [-0.39, 0.29) is 12.6 Å². The van der Waals surface area contributed by atoms with Gasteiger partial charge < -0.3 is 15.7 Å². The molecule has 0 spiro atoms. The fourth-order valence-corrected chi connectivity index (χ4v) is 2.74. The third-order valence-electron chi connectivity index (χ3n) is 4.19. The van der Waals surface area contributed by atoms with E-state index in [4.69, 9.17) is 0 Å². The van der Waals surface area contributed by atoms with Crippen LogP contribution in [0.1, 0.15) is 30.4 Å². The molecule has 0 aromatic heterocycles. The zero-order valence-corrected chi connectivity index (χ0v) is 11.9. The number of hydrogen-bond acceptors (Lipinski definition) is 3. The van der Waals surface area contributed by atoms with Gasteiger partial charge in [-0.1, -0.05) is 24.3 Å². The largest absolute Gasteiger partial charge is 0.388 e. The second-order valence-electron chi connectivity index (χ2n) is 6.10. The number of aliphatic hydroxyl groups is 1. The molecule has 0 saturated heterocycles. The van der Waals surface area contributed by atoms with E-state index in [0.29, 0.717) is 12.8 Å². The van der Waals surface area contributed by atoms with Gasteiger partial charge in [-0.3, -0.25) is 9.59 Å². The van der Waals surface area contributed by atoms with Crippen molar-refractivity contribution in [3.8, 4) is 0 Å². The van der Waals surface area contributed by atoms with Gasteiger partial charge in [0.05, 0.1) is 5.60 Å². The lowest BCUT2D eigenvalue weighted by molar-refractivity contribution is -0.140. The van der Waals surface area contributed by atoms with Crippen LogP contribution in [-0.2, 0) is 22.4 Å². The Labute approximate surface area is 123 Å². The summed E-state index contributed by atoms with van der Waals surface area (Å²) in [5.41, 5.74) is 1.40. The number of carbonyl (C=O) groups is 2. The van der Waals surface area contributed by atoms with Crippen molar-refractivity contribution in [1.82, 2.24) is 10.6 Å². The number of aryl methyl sites for hydroxylation is 1. The molecule has 0 bridgehead atoms. The molecule has 3 N–H and O–H groups in total. The van der Waals surface area contributed by atoms with Gasteiger partial charge in [0, 0.05) is 19.0 Å². The zero-order chi connectivity index (χ0) is 14.9. The molecule has 5 heteroatoms. The highest BCUT2D eigenvalue weighted by atomic mass is 16.3. The normalized spacial score (nSPS) is 24.0. The van der Waals surface area contributed by atoms with Crippen LogP contribution in [0.5, 0.6) is 0 Å². The van der Waals surface area contributed by atoms with E-state index in [1.807, 2.05) is 18.2 Å². The van der Waals surface area contributed by atoms with Crippen molar-refractivity contribution < 1.29 is 14.7 Å². The van der Waals surface area contributed by atoms with Crippen LogP contribution in [0.15, 0.2) is 24.3 Å². The first-order valence-electron chi connectivity index (χ1n) is 7.44. The number of fused-ring (bicyclic) bond motifs is 1. The lowest BCUT2D eigenvalue weighted by Crippen LogP contribution is -2.50. The molecule has 2 amide bonds. The van der Waals surface area contributed by atoms with Crippen molar-refractivity contribution in [3.05, 3.63) is 35.4 Å². The molecule has 1 saturated carbocycles.